The van der Waals surface area contributed by atoms with Crippen LogP contribution in [0.3, 0.4) is 0 Å². The zero-order chi connectivity index (χ0) is 15.2. The normalized spacial score (nSPS) is 12.4. The van der Waals surface area contributed by atoms with Gasteiger partial charge in [0.2, 0.25) is 0 Å². The fourth-order valence-corrected chi connectivity index (χ4v) is 2.68. The Morgan fingerprint density at radius 3 is 2.90 bits per heavy atom. The number of halogens is 1. The van der Waals surface area contributed by atoms with Gasteiger partial charge in [0.1, 0.15) is 18.2 Å². The zero-order valence-corrected chi connectivity index (χ0v) is 13.5. The zero-order valence-electron chi connectivity index (χ0n) is 12.6. The number of hydrogen-bond donors (Lipinski definition) is 1. The summed E-state index contributed by atoms with van der Waals surface area (Å²) in [6.07, 6.45) is 1.04. The molecule has 1 aromatic carbocycles. The van der Waals surface area contributed by atoms with Gasteiger partial charge in [0.05, 0.1) is 10.7 Å². The molecule has 2 aromatic rings. The van der Waals surface area contributed by atoms with Crippen LogP contribution in [0.15, 0.2) is 23.6 Å². The topological polar surface area (TPSA) is 34.1 Å². The van der Waals surface area contributed by atoms with Crippen molar-refractivity contribution in [1.82, 2.24) is 10.3 Å². The minimum atomic E-state index is -0.244. The summed E-state index contributed by atoms with van der Waals surface area (Å²) in [6, 6.07) is 4.70. The third kappa shape index (κ3) is 4.51. The Bertz CT molecular complexity index is 585. The van der Waals surface area contributed by atoms with Crippen molar-refractivity contribution in [3.05, 3.63) is 45.7 Å². The molecule has 0 saturated heterocycles. The van der Waals surface area contributed by atoms with Crippen molar-refractivity contribution < 1.29 is 9.13 Å². The molecule has 1 heterocycles. The van der Waals surface area contributed by atoms with Crippen LogP contribution >= 0.6 is 11.3 Å². The molecule has 1 N–H and O–H groups in total. The monoisotopic (exact) mass is 308 g/mol. The lowest BCUT2D eigenvalue weighted by Gasteiger charge is -2.18. The Kier molecular flexibility index (Phi) is 5.70. The first-order valence-electron chi connectivity index (χ1n) is 7.16. The average molecular weight is 308 g/mol. The second kappa shape index (κ2) is 7.52. The van der Waals surface area contributed by atoms with E-state index in [1.807, 2.05) is 19.2 Å². The first-order chi connectivity index (χ1) is 10.1. The molecule has 0 bridgehead atoms. The van der Waals surface area contributed by atoms with Gasteiger partial charge in [-0.15, -0.1) is 11.3 Å². The molecule has 21 heavy (non-hydrogen) atoms. The van der Waals surface area contributed by atoms with E-state index in [2.05, 4.69) is 17.2 Å². The SMILES string of the molecule is CCCNC(C)c1cc(F)ccc1OCc1csc(C)n1. The van der Waals surface area contributed by atoms with E-state index in [0.29, 0.717) is 12.4 Å². The number of aryl methyl sites for hydroxylation is 1. The number of benzene rings is 1. The van der Waals surface area contributed by atoms with Crippen molar-refractivity contribution in [2.24, 2.45) is 0 Å². The van der Waals surface area contributed by atoms with Crippen molar-refractivity contribution in [3.63, 3.8) is 0 Å². The standard InChI is InChI=1S/C16H21FN2OS/c1-4-7-18-11(2)15-8-13(17)5-6-16(15)20-9-14-10-21-12(3)19-14/h5-6,8,10-11,18H,4,7,9H2,1-3H3. The van der Waals surface area contributed by atoms with Crippen molar-refractivity contribution in [2.45, 2.75) is 39.8 Å². The maximum Gasteiger partial charge on any atom is 0.131 e. The molecule has 0 aliphatic carbocycles. The summed E-state index contributed by atoms with van der Waals surface area (Å²) in [5.74, 6) is 0.463. The maximum absolute atomic E-state index is 13.5. The predicted molar refractivity (Wildman–Crippen MR) is 84.3 cm³/mol. The Morgan fingerprint density at radius 2 is 2.24 bits per heavy atom. The molecule has 5 heteroatoms. The second-order valence-corrected chi connectivity index (χ2v) is 6.07. The smallest absolute Gasteiger partial charge is 0.131 e. The minimum absolute atomic E-state index is 0.0489. The summed E-state index contributed by atoms with van der Waals surface area (Å²) in [4.78, 5) is 4.37. The third-order valence-electron chi connectivity index (χ3n) is 3.18. The van der Waals surface area contributed by atoms with Gasteiger partial charge < -0.3 is 10.1 Å². The summed E-state index contributed by atoms with van der Waals surface area (Å²) >= 11 is 1.60. The highest BCUT2D eigenvalue weighted by molar-refractivity contribution is 7.09. The van der Waals surface area contributed by atoms with E-state index in [9.17, 15) is 4.39 Å². The van der Waals surface area contributed by atoms with Gasteiger partial charge in [0, 0.05) is 17.0 Å². The third-order valence-corrected chi connectivity index (χ3v) is 4.00. The van der Waals surface area contributed by atoms with Gasteiger partial charge in [-0.2, -0.15) is 0 Å². The van der Waals surface area contributed by atoms with Crippen molar-refractivity contribution in [3.8, 4) is 5.75 Å². The van der Waals surface area contributed by atoms with Gasteiger partial charge >= 0.3 is 0 Å². The van der Waals surface area contributed by atoms with E-state index in [4.69, 9.17) is 4.74 Å². The molecule has 1 aromatic heterocycles. The number of nitrogens with one attached hydrogen (secondary N) is 1. The minimum Gasteiger partial charge on any atom is -0.487 e. The number of rotatable bonds is 7. The summed E-state index contributed by atoms with van der Waals surface area (Å²) in [5, 5.41) is 6.36. The summed E-state index contributed by atoms with van der Waals surface area (Å²) in [6.45, 7) is 7.39. The van der Waals surface area contributed by atoms with Crippen LogP contribution < -0.4 is 10.1 Å². The second-order valence-electron chi connectivity index (χ2n) is 5.00. The van der Waals surface area contributed by atoms with Gasteiger partial charge in [-0.05, 0) is 45.0 Å². The Hall–Kier alpha value is -1.46. The van der Waals surface area contributed by atoms with Crippen molar-refractivity contribution in [1.29, 1.82) is 0 Å². The molecule has 0 fully saturated rings. The highest BCUT2D eigenvalue weighted by Gasteiger charge is 2.13. The van der Waals surface area contributed by atoms with Crippen LogP contribution in [0.4, 0.5) is 4.39 Å². The highest BCUT2D eigenvalue weighted by atomic mass is 32.1. The number of thiazole rings is 1. The van der Waals surface area contributed by atoms with E-state index in [-0.39, 0.29) is 11.9 Å². The largest absolute Gasteiger partial charge is 0.487 e. The van der Waals surface area contributed by atoms with Gasteiger partial charge in [-0.25, -0.2) is 9.37 Å². The van der Waals surface area contributed by atoms with Crippen LogP contribution in [0, 0.1) is 12.7 Å². The molecule has 0 saturated carbocycles. The molecule has 1 unspecified atom stereocenters. The van der Waals surface area contributed by atoms with E-state index in [0.717, 1.165) is 29.2 Å². The van der Waals surface area contributed by atoms with Crippen molar-refractivity contribution >= 4 is 11.3 Å². The van der Waals surface area contributed by atoms with Crippen LogP contribution in [-0.4, -0.2) is 11.5 Å². The maximum atomic E-state index is 13.5. The molecule has 0 radical (unpaired) electrons. The van der Waals surface area contributed by atoms with Gasteiger partial charge in [-0.3, -0.25) is 0 Å². The summed E-state index contributed by atoms with van der Waals surface area (Å²) in [5.41, 5.74) is 1.75. The molecule has 0 aliphatic rings. The average Bonchev–Trinajstić information content (AvgIpc) is 2.89. The van der Waals surface area contributed by atoms with E-state index < -0.39 is 0 Å². The molecule has 0 spiro atoms. The first kappa shape index (κ1) is 15.9. The van der Waals surface area contributed by atoms with Crippen LogP contribution in [0.25, 0.3) is 0 Å². The molecule has 114 valence electrons. The Morgan fingerprint density at radius 1 is 1.43 bits per heavy atom. The van der Waals surface area contributed by atoms with Gasteiger partial charge in [0.15, 0.2) is 0 Å². The molecule has 2 rings (SSSR count). The lowest BCUT2D eigenvalue weighted by molar-refractivity contribution is 0.295. The summed E-state index contributed by atoms with van der Waals surface area (Å²) in [7, 11) is 0. The molecule has 0 aliphatic heterocycles. The number of aromatic nitrogens is 1. The quantitative estimate of drug-likeness (QED) is 0.831. The Labute approximate surface area is 129 Å². The summed E-state index contributed by atoms with van der Waals surface area (Å²) < 4.78 is 19.3. The van der Waals surface area contributed by atoms with Gasteiger partial charge in [-0.1, -0.05) is 6.92 Å². The Balaban J connectivity index is 2.10. The number of hydrogen-bond acceptors (Lipinski definition) is 4. The number of nitrogens with zero attached hydrogens (tertiary/aromatic N) is 1. The van der Waals surface area contributed by atoms with Crippen LogP contribution in [0.1, 0.15) is 42.6 Å². The fourth-order valence-electron chi connectivity index (χ4n) is 2.09. The van der Waals surface area contributed by atoms with Gasteiger partial charge in [0.25, 0.3) is 0 Å². The molecule has 0 amide bonds. The number of ether oxygens (including phenoxy) is 1. The lowest BCUT2D eigenvalue weighted by atomic mass is 10.1. The van der Waals surface area contributed by atoms with E-state index >= 15 is 0 Å². The lowest BCUT2D eigenvalue weighted by Crippen LogP contribution is -2.20. The predicted octanol–water partition coefficient (Wildman–Crippen LogP) is 4.23. The van der Waals surface area contributed by atoms with E-state index in [1.165, 1.54) is 12.1 Å². The molecular weight excluding hydrogens is 287 g/mol. The van der Waals surface area contributed by atoms with Crippen LogP contribution in [0.5, 0.6) is 5.75 Å². The van der Waals surface area contributed by atoms with Crippen LogP contribution in [0.2, 0.25) is 0 Å². The first-order valence-corrected chi connectivity index (χ1v) is 8.04. The van der Waals surface area contributed by atoms with Crippen molar-refractivity contribution in [2.75, 3.05) is 6.54 Å². The highest BCUT2D eigenvalue weighted by Crippen LogP contribution is 2.27. The fraction of sp³-hybridized carbons (Fsp3) is 0.438. The molecular formula is C16H21FN2OS. The van der Waals surface area contributed by atoms with E-state index in [1.54, 1.807) is 17.4 Å². The molecule has 3 nitrogen and oxygen atoms in total. The molecule has 1 atom stereocenters. The van der Waals surface area contributed by atoms with Crippen LogP contribution in [-0.2, 0) is 6.61 Å².